The summed E-state index contributed by atoms with van der Waals surface area (Å²) in [6.45, 7) is 2.77. The van der Waals surface area contributed by atoms with E-state index >= 15 is 0 Å². The van der Waals surface area contributed by atoms with Gasteiger partial charge in [0.25, 0.3) is 0 Å². The zero-order valence-corrected chi connectivity index (χ0v) is 20.2. The van der Waals surface area contributed by atoms with Crippen LogP contribution in [0.25, 0.3) is 0 Å². The Balaban J connectivity index is 1.54. The van der Waals surface area contributed by atoms with Crippen LogP contribution in [0, 0.1) is 0 Å². The smallest absolute Gasteiger partial charge is 0.243 e. The molecule has 2 aromatic carbocycles. The molecular formula is C24H28ClN3O4S. The molecule has 0 saturated carbocycles. The van der Waals surface area contributed by atoms with Crippen LogP contribution in [0.2, 0.25) is 5.02 Å². The van der Waals surface area contributed by atoms with E-state index < -0.39 is 16.1 Å². The molecule has 4 rings (SSSR count). The maximum Gasteiger partial charge on any atom is 0.243 e. The summed E-state index contributed by atoms with van der Waals surface area (Å²) >= 11 is 5.91. The van der Waals surface area contributed by atoms with E-state index in [2.05, 4.69) is 5.32 Å². The van der Waals surface area contributed by atoms with Crippen LogP contribution in [-0.4, -0.2) is 43.7 Å². The molecule has 7 nitrogen and oxygen atoms in total. The second kappa shape index (κ2) is 9.83. The maximum absolute atomic E-state index is 13.2. The summed E-state index contributed by atoms with van der Waals surface area (Å²) in [6, 6.07) is 11.3. The molecule has 2 aliphatic rings. The Kier molecular flexibility index (Phi) is 7.07. The van der Waals surface area contributed by atoms with Gasteiger partial charge in [0.1, 0.15) is 6.04 Å². The molecule has 2 heterocycles. The van der Waals surface area contributed by atoms with Gasteiger partial charge in [0, 0.05) is 43.7 Å². The fraction of sp³-hybridized carbons (Fsp3) is 0.417. The van der Waals surface area contributed by atoms with Crippen molar-refractivity contribution in [3.05, 3.63) is 58.6 Å². The number of benzene rings is 2. The first-order valence-corrected chi connectivity index (χ1v) is 13.0. The number of nitrogens with zero attached hydrogens (tertiary/aromatic N) is 2. The van der Waals surface area contributed by atoms with Gasteiger partial charge in [-0.1, -0.05) is 36.6 Å². The number of sulfonamides is 1. The highest BCUT2D eigenvalue weighted by Gasteiger charge is 2.38. The molecule has 2 amide bonds. The van der Waals surface area contributed by atoms with Gasteiger partial charge in [-0.3, -0.25) is 14.5 Å². The lowest BCUT2D eigenvalue weighted by Crippen LogP contribution is -2.47. The van der Waals surface area contributed by atoms with Gasteiger partial charge in [0.15, 0.2) is 0 Å². The molecule has 1 atom stereocenters. The average molecular weight is 490 g/mol. The molecule has 0 aliphatic carbocycles. The number of hydrogen-bond donors (Lipinski definition) is 1. The molecule has 176 valence electrons. The second-order valence-corrected chi connectivity index (χ2v) is 10.9. The van der Waals surface area contributed by atoms with E-state index in [4.69, 9.17) is 11.6 Å². The van der Waals surface area contributed by atoms with Gasteiger partial charge in [-0.15, -0.1) is 0 Å². The molecule has 0 spiro atoms. The fourth-order valence-corrected chi connectivity index (χ4v) is 6.22. The van der Waals surface area contributed by atoms with Crippen LogP contribution in [0.3, 0.4) is 0 Å². The van der Waals surface area contributed by atoms with Crippen molar-refractivity contribution in [1.82, 2.24) is 9.62 Å². The van der Waals surface area contributed by atoms with Crippen molar-refractivity contribution in [2.75, 3.05) is 18.0 Å². The van der Waals surface area contributed by atoms with Crippen LogP contribution in [0.1, 0.15) is 43.7 Å². The number of carbonyl (C=O) groups excluding carboxylic acids is 2. The number of fused-ring (bicyclic) bond motifs is 1. The summed E-state index contributed by atoms with van der Waals surface area (Å²) in [6.07, 6.45) is 4.06. The third-order valence-corrected chi connectivity index (χ3v) is 8.41. The van der Waals surface area contributed by atoms with Gasteiger partial charge < -0.3 is 5.32 Å². The Morgan fingerprint density at radius 1 is 1.03 bits per heavy atom. The quantitative estimate of drug-likeness (QED) is 0.696. The Bertz CT molecular complexity index is 1140. The van der Waals surface area contributed by atoms with E-state index in [9.17, 15) is 18.0 Å². The highest BCUT2D eigenvalue weighted by atomic mass is 35.5. The van der Waals surface area contributed by atoms with Crippen LogP contribution < -0.4 is 10.2 Å². The molecule has 1 saturated heterocycles. The minimum Gasteiger partial charge on any atom is -0.350 e. The normalized spacial score (nSPS) is 19.1. The van der Waals surface area contributed by atoms with Crippen molar-refractivity contribution < 1.29 is 18.0 Å². The maximum atomic E-state index is 13.2. The van der Waals surface area contributed by atoms with Gasteiger partial charge >= 0.3 is 0 Å². The molecule has 0 bridgehead atoms. The molecule has 2 aliphatic heterocycles. The number of carbonyl (C=O) groups is 2. The summed E-state index contributed by atoms with van der Waals surface area (Å²) in [5.74, 6) is -0.545. The Morgan fingerprint density at radius 2 is 1.70 bits per heavy atom. The minimum absolute atomic E-state index is 0.217. The molecule has 33 heavy (non-hydrogen) atoms. The molecule has 0 aromatic heterocycles. The van der Waals surface area contributed by atoms with Crippen molar-refractivity contribution in [2.24, 2.45) is 0 Å². The van der Waals surface area contributed by atoms with Crippen molar-refractivity contribution >= 4 is 39.1 Å². The molecular weight excluding hydrogens is 462 g/mol. The zero-order valence-electron chi connectivity index (χ0n) is 18.6. The monoisotopic (exact) mass is 489 g/mol. The summed E-state index contributed by atoms with van der Waals surface area (Å²) in [4.78, 5) is 27.1. The van der Waals surface area contributed by atoms with Crippen LogP contribution in [-0.2, 0) is 32.6 Å². The van der Waals surface area contributed by atoms with Crippen LogP contribution in [0.15, 0.2) is 47.4 Å². The van der Waals surface area contributed by atoms with Crippen molar-refractivity contribution in [3.63, 3.8) is 0 Å². The molecule has 1 N–H and O–H groups in total. The van der Waals surface area contributed by atoms with Crippen LogP contribution in [0.5, 0.6) is 0 Å². The Hall–Kier alpha value is -2.42. The van der Waals surface area contributed by atoms with E-state index in [-0.39, 0.29) is 23.1 Å². The number of rotatable bonds is 5. The van der Waals surface area contributed by atoms with Gasteiger partial charge in [0.05, 0.1) is 4.90 Å². The van der Waals surface area contributed by atoms with Crippen molar-refractivity contribution in [3.8, 4) is 0 Å². The van der Waals surface area contributed by atoms with E-state index in [1.807, 2.05) is 12.1 Å². The molecule has 1 fully saturated rings. The van der Waals surface area contributed by atoms with Gasteiger partial charge in [-0.25, -0.2) is 8.42 Å². The fourth-order valence-electron chi connectivity index (χ4n) is 4.53. The molecule has 0 radical (unpaired) electrons. The molecule has 9 heteroatoms. The SMILES string of the molecule is CC(=O)N1c2ccc(S(=O)(=O)N3CCCCCC3)cc2C[C@H]1C(=O)NCc1ccc(Cl)cc1. The number of anilines is 1. The summed E-state index contributed by atoms with van der Waals surface area (Å²) in [5.41, 5.74) is 2.17. The van der Waals surface area contributed by atoms with Crippen molar-refractivity contribution in [1.29, 1.82) is 0 Å². The predicted octanol–water partition coefficient (Wildman–Crippen LogP) is 3.50. The predicted molar refractivity (Wildman–Crippen MR) is 128 cm³/mol. The van der Waals surface area contributed by atoms with Crippen LogP contribution >= 0.6 is 11.6 Å². The topological polar surface area (TPSA) is 86.8 Å². The standard InChI is InChI=1S/C24H28ClN3O4S/c1-17(29)28-22-11-10-21(33(31,32)27-12-4-2-3-5-13-27)14-19(22)15-23(28)24(30)26-16-18-6-8-20(25)9-7-18/h6-11,14,23H,2-5,12-13,15-16H2,1H3,(H,26,30)/t23-/m0/s1. The number of amides is 2. The lowest BCUT2D eigenvalue weighted by Gasteiger charge is -2.24. The van der Waals surface area contributed by atoms with Crippen LogP contribution in [0.4, 0.5) is 5.69 Å². The number of halogens is 1. The second-order valence-electron chi connectivity index (χ2n) is 8.56. The van der Waals surface area contributed by atoms with E-state index in [1.165, 1.54) is 11.8 Å². The highest BCUT2D eigenvalue weighted by Crippen LogP contribution is 2.35. The van der Waals surface area contributed by atoms with Gasteiger partial charge in [-0.05, 0) is 54.3 Å². The lowest BCUT2D eigenvalue weighted by molar-refractivity contribution is -0.125. The highest BCUT2D eigenvalue weighted by molar-refractivity contribution is 7.89. The number of hydrogen-bond acceptors (Lipinski definition) is 4. The van der Waals surface area contributed by atoms with Crippen molar-refractivity contribution in [2.45, 2.75) is 56.5 Å². The zero-order chi connectivity index (χ0) is 23.6. The summed E-state index contributed by atoms with van der Waals surface area (Å²) < 4.78 is 28.0. The molecule has 2 aromatic rings. The van der Waals surface area contributed by atoms with Gasteiger partial charge in [-0.2, -0.15) is 4.31 Å². The Morgan fingerprint density at radius 3 is 2.33 bits per heavy atom. The first kappa shape index (κ1) is 23.7. The third kappa shape index (κ3) is 5.08. The number of nitrogens with one attached hydrogen (secondary N) is 1. The first-order chi connectivity index (χ1) is 15.8. The minimum atomic E-state index is -3.61. The summed E-state index contributed by atoms with van der Waals surface area (Å²) in [7, 11) is -3.61. The first-order valence-electron chi connectivity index (χ1n) is 11.2. The average Bonchev–Trinajstić information content (AvgIpc) is 2.96. The summed E-state index contributed by atoms with van der Waals surface area (Å²) in [5, 5.41) is 3.50. The third-order valence-electron chi connectivity index (χ3n) is 6.26. The van der Waals surface area contributed by atoms with E-state index in [1.54, 1.807) is 34.6 Å². The van der Waals surface area contributed by atoms with E-state index in [0.717, 1.165) is 31.2 Å². The van der Waals surface area contributed by atoms with Gasteiger partial charge in [0.2, 0.25) is 21.8 Å². The Labute approximate surface area is 199 Å². The largest absolute Gasteiger partial charge is 0.350 e. The molecule has 0 unspecified atom stereocenters. The lowest BCUT2D eigenvalue weighted by atomic mass is 10.1. The van der Waals surface area contributed by atoms with E-state index in [0.29, 0.717) is 35.9 Å².